The number of esters is 1. The molecule has 1 amide bonds. The van der Waals surface area contributed by atoms with Crippen LogP contribution in [-0.2, 0) is 9.53 Å². The van der Waals surface area contributed by atoms with Crippen LogP contribution in [0, 0.1) is 17.8 Å². The van der Waals surface area contributed by atoms with E-state index in [2.05, 4.69) is 5.32 Å². The van der Waals surface area contributed by atoms with Crippen molar-refractivity contribution < 1.29 is 19.1 Å². The summed E-state index contributed by atoms with van der Waals surface area (Å²) in [5, 5.41) is 3.24. The molecule has 4 aliphatic carbocycles. The van der Waals surface area contributed by atoms with Crippen molar-refractivity contribution in [3.63, 3.8) is 0 Å². The number of rotatable bonds is 6. The standard InChI is InChI=1S/C25H27NO4/c27-23(26-25-13-17-10-18(14-25)12-19(11-17)15-25)16-29-24(28)21-8-4-5-9-22(21)30-20-6-2-1-3-7-20/h1-9,17-19H,10-16H2,(H,26,27). The first-order valence-electron chi connectivity index (χ1n) is 10.9. The number of ether oxygens (including phenoxy) is 2. The first-order chi connectivity index (χ1) is 14.6. The third-order valence-electron chi connectivity index (χ3n) is 6.86. The normalized spacial score (nSPS) is 28.7. The third kappa shape index (κ3) is 3.93. The highest BCUT2D eigenvalue weighted by molar-refractivity contribution is 5.94. The summed E-state index contributed by atoms with van der Waals surface area (Å²) in [6, 6.07) is 16.2. The van der Waals surface area contributed by atoms with Crippen LogP contribution >= 0.6 is 0 Å². The van der Waals surface area contributed by atoms with Gasteiger partial charge in [-0.05, 0) is 80.5 Å². The average Bonchev–Trinajstić information content (AvgIpc) is 2.72. The Kier molecular flexibility index (Phi) is 4.97. The van der Waals surface area contributed by atoms with E-state index in [0.717, 1.165) is 37.0 Å². The molecule has 2 aromatic carbocycles. The second kappa shape index (κ2) is 7.78. The minimum Gasteiger partial charge on any atom is -0.456 e. The summed E-state index contributed by atoms with van der Waals surface area (Å²) in [5.41, 5.74) is 0.232. The van der Waals surface area contributed by atoms with Crippen LogP contribution in [0.25, 0.3) is 0 Å². The van der Waals surface area contributed by atoms with Gasteiger partial charge in [-0.15, -0.1) is 0 Å². The molecular formula is C25H27NO4. The van der Waals surface area contributed by atoms with E-state index in [9.17, 15) is 9.59 Å². The predicted octanol–water partition coefficient (Wildman–Crippen LogP) is 4.72. The lowest BCUT2D eigenvalue weighted by Gasteiger charge is -2.56. The van der Waals surface area contributed by atoms with Crippen LogP contribution in [0.5, 0.6) is 11.5 Å². The number of amides is 1. The highest BCUT2D eigenvalue weighted by atomic mass is 16.5. The highest BCUT2D eigenvalue weighted by Gasteiger charge is 2.51. The fraction of sp³-hybridized carbons (Fsp3) is 0.440. The van der Waals surface area contributed by atoms with E-state index in [1.165, 1.54) is 19.3 Å². The first kappa shape index (κ1) is 19.2. The molecule has 6 rings (SSSR count). The van der Waals surface area contributed by atoms with Gasteiger partial charge in [-0.25, -0.2) is 4.79 Å². The zero-order valence-corrected chi connectivity index (χ0v) is 17.0. The van der Waals surface area contributed by atoms with Gasteiger partial charge in [0.2, 0.25) is 0 Å². The first-order valence-corrected chi connectivity index (χ1v) is 10.9. The minimum atomic E-state index is -0.554. The fourth-order valence-electron chi connectivity index (χ4n) is 6.14. The van der Waals surface area contributed by atoms with E-state index in [4.69, 9.17) is 9.47 Å². The van der Waals surface area contributed by atoms with Crippen LogP contribution in [0.3, 0.4) is 0 Å². The van der Waals surface area contributed by atoms with Gasteiger partial charge in [-0.2, -0.15) is 0 Å². The minimum absolute atomic E-state index is 0.0768. The maximum atomic E-state index is 12.6. The quantitative estimate of drug-likeness (QED) is 0.706. The zero-order valence-electron chi connectivity index (χ0n) is 17.0. The SMILES string of the molecule is O=C(COC(=O)c1ccccc1Oc1ccccc1)NC12CC3CC(CC(C3)C1)C2. The maximum absolute atomic E-state index is 12.6. The van der Waals surface area contributed by atoms with Gasteiger partial charge in [0.25, 0.3) is 5.91 Å². The molecule has 0 unspecified atom stereocenters. The molecule has 4 bridgehead atoms. The van der Waals surface area contributed by atoms with Crippen LogP contribution in [0.4, 0.5) is 0 Å². The van der Waals surface area contributed by atoms with Gasteiger partial charge in [-0.3, -0.25) is 4.79 Å². The molecule has 0 spiro atoms. The number of hydrogen-bond donors (Lipinski definition) is 1. The summed E-state index contributed by atoms with van der Waals surface area (Å²) in [4.78, 5) is 25.3. The Morgan fingerprint density at radius 3 is 2.13 bits per heavy atom. The number of para-hydroxylation sites is 2. The molecule has 0 atom stereocenters. The Morgan fingerprint density at radius 2 is 1.47 bits per heavy atom. The molecule has 4 fully saturated rings. The molecule has 0 aromatic heterocycles. The second-order valence-electron chi connectivity index (χ2n) is 9.23. The van der Waals surface area contributed by atoms with Gasteiger partial charge in [0.1, 0.15) is 17.1 Å². The molecule has 30 heavy (non-hydrogen) atoms. The molecule has 0 aliphatic heterocycles. The van der Waals surface area contributed by atoms with Crippen molar-refractivity contribution >= 4 is 11.9 Å². The van der Waals surface area contributed by atoms with Gasteiger partial charge in [0, 0.05) is 5.54 Å². The Labute approximate surface area is 176 Å². The molecule has 5 nitrogen and oxygen atoms in total. The monoisotopic (exact) mass is 405 g/mol. The lowest BCUT2D eigenvalue weighted by Crippen LogP contribution is -2.60. The number of carbonyl (C=O) groups is 2. The predicted molar refractivity (Wildman–Crippen MR) is 112 cm³/mol. The zero-order chi connectivity index (χ0) is 20.6. The van der Waals surface area contributed by atoms with Gasteiger partial charge in [0.15, 0.2) is 6.61 Å². The summed E-state index contributed by atoms with van der Waals surface area (Å²) < 4.78 is 11.2. The number of nitrogens with one attached hydrogen (secondary N) is 1. The molecule has 0 radical (unpaired) electrons. The smallest absolute Gasteiger partial charge is 0.342 e. The Bertz CT molecular complexity index is 904. The topological polar surface area (TPSA) is 64.6 Å². The number of carbonyl (C=O) groups excluding carboxylic acids is 2. The molecule has 0 heterocycles. The van der Waals surface area contributed by atoms with Crippen LogP contribution < -0.4 is 10.1 Å². The van der Waals surface area contributed by atoms with Crippen molar-refractivity contribution in [1.82, 2.24) is 5.32 Å². The Hall–Kier alpha value is -2.82. The molecule has 4 saturated carbocycles. The van der Waals surface area contributed by atoms with Gasteiger partial charge in [-0.1, -0.05) is 30.3 Å². The largest absolute Gasteiger partial charge is 0.456 e. The Balaban J connectivity index is 1.20. The fourth-order valence-corrected chi connectivity index (χ4v) is 6.14. The number of hydrogen-bond acceptors (Lipinski definition) is 4. The van der Waals surface area contributed by atoms with E-state index < -0.39 is 5.97 Å². The molecule has 4 aliphatic rings. The lowest BCUT2D eigenvalue weighted by atomic mass is 9.53. The van der Waals surface area contributed by atoms with Crippen molar-refractivity contribution in [2.75, 3.05) is 6.61 Å². The van der Waals surface area contributed by atoms with E-state index in [1.807, 2.05) is 30.3 Å². The van der Waals surface area contributed by atoms with Crippen LogP contribution in [0.1, 0.15) is 48.9 Å². The molecule has 0 saturated heterocycles. The molecular weight excluding hydrogens is 378 g/mol. The molecule has 2 aromatic rings. The summed E-state index contributed by atoms with van der Waals surface area (Å²) in [5.74, 6) is 2.55. The lowest BCUT2D eigenvalue weighted by molar-refractivity contribution is -0.130. The summed E-state index contributed by atoms with van der Waals surface area (Å²) in [6.45, 7) is -0.264. The van der Waals surface area contributed by atoms with Crippen molar-refractivity contribution in [3.05, 3.63) is 60.2 Å². The van der Waals surface area contributed by atoms with E-state index >= 15 is 0 Å². The third-order valence-corrected chi connectivity index (χ3v) is 6.86. The average molecular weight is 405 g/mol. The molecule has 5 heteroatoms. The van der Waals surface area contributed by atoms with E-state index in [1.54, 1.807) is 24.3 Å². The van der Waals surface area contributed by atoms with Crippen molar-refractivity contribution in [2.45, 2.75) is 44.1 Å². The maximum Gasteiger partial charge on any atom is 0.342 e. The van der Waals surface area contributed by atoms with Crippen LogP contribution in [0.15, 0.2) is 54.6 Å². The van der Waals surface area contributed by atoms with E-state index in [0.29, 0.717) is 17.1 Å². The summed E-state index contributed by atoms with van der Waals surface area (Å²) >= 11 is 0. The summed E-state index contributed by atoms with van der Waals surface area (Å²) in [6.07, 6.45) is 7.19. The number of benzene rings is 2. The molecule has 1 N–H and O–H groups in total. The van der Waals surface area contributed by atoms with Crippen molar-refractivity contribution in [2.24, 2.45) is 17.8 Å². The summed E-state index contributed by atoms with van der Waals surface area (Å²) in [7, 11) is 0. The van der Waals surface area contributed by atoms with Crippen LogP contribution in [0.2, 0.25) is 0 Å². The van der Waals surface area contributed by atoms with Crippen molar-refractivity contribution in [1.29, 1.82) is 0 Å². The van der Waals surface area contributed by atoms with Gasteiger partial charge < -0.3 is 14.8 Å². The van der Waals surface area contributed by atoms with Crippen LogP contribution in [-0.4, -0.2) is 24.0 Å². The molecule has 156 valence electrons. The highest BCUT2D eigenvalue weighted by Crippen LogP contribution is 2.55. The van der Waals surface area contributed by atoms with Gasteiger partial charge in [0.05, 0.1) is 0 Å². The Morgan fingerprint density at radius 1 is 0.867 bits per heavy atom. The van der Waals surface area contributed by atoms with E-state index in [-0.39, 0.29) is 18.1 Å². The van der Waals surface area contributed by atoms with Gasteiger partial charge >= 0.3 is 5.97 Å². The van der Waals surface area contributed by atoms with Crippen molar-refractivity contribution in [3.8, 4) is 11.5 Å². The second-order valence-corrected chi connectivity index (χ2v) is 9.23.